The number of ether oxygens (including phenoxy) is 1. The summed E-state index contributed by atoms with van der Waals surface area (Å²) in [4.78, 5) is 45.6. The molecule has 0 radical (unpaired) electrons. The number of nitrogens with one attached hydrogen (secondary N) is 2. The topological polar surface area (TPSA) is 101 Å². The van der Waals surface area contributed by atoms with Crippen molar-refractivity contribution in [2.45, 2.75) is 19.4 Å². The molecule has 6 rings (SSSR count). The number of thiazole rings is 1. The summed E-state index contributed by atoms with van der Waals surface area (Å²) in [6.45, 7) is 5.59. The second kappa shape index (κ2) is 11.3. The molecule has 3 amide bonds. The predicted molar refractivity (Wildman–Crippen MR) is 162 cm³/mol. The van der Waals surface area contributed by atoms with E-state index >= 15 is 0 Å². The van der Waals surface area contributed by atoms with E-state index in [9.17, 15) is 14.4 Å². The maximum Gasteiger partial charge on any atom is 0.255 e. The van der Waals surface area contributed by atoms with Crippen LogP contribution in [0, 0.1) is 11.3 Å². The van der Waals surface area contributed by atoms with Gasteiger partial charge in [-0.2, -0.15) is 0 Å². The highest BCUT2D eigenvalue weighted by Gasteiger charge is 2.55. The van der Waals surface area contributed by atoms with Gasteiger partial charge in [-0.15, -0.1) is 11.3 Å². The van der Waals surface area contributed by atoms with Crippen LogP contribution in [0.4, 0.5) is 10.8 Å². The van der Waals surface area contributed by atoms with Gasteiger partial charge in [0.15, 0.2) is 5.13 Å². The van der Waals surface area contributed by atoms with Crippen molar-refractivity contribution in [1.29, 1.82) is 0 Å². The van der Waals surface area contributed by atoms with E-state index in [-0.39, 0.29) is 29.7 Å². The quantitative estimate of drug-likeness (QED) is 0.305. The number of nitrogens with zero attached hydrogens (tertiary/aromatic N) is 2. The van der Waals surface area contributed by atoms with Crippen LogP contribution in [0.15, 0.2) is 84.3 Å². The maximum atomic E-state index is 13.6. The minimum Gasteiger partial charge on any atom is -0.495 e. The Morgan fingerprint density at radius 2 is 2.05 bits per heavy atom. The van der Waals surface area contributed by atoms with Crippen molar-refractivity contribution in [1.82, 2.24) is 9.88 Å². The summed E-state index contributed by atoms with van der Waals surface area (Å²) in [5.74, 6) is -0.340. The Morgan fingerprint density at radius 1 is 1.24 bits per heavy atom. The van der Waals surface area contributed by atoms with Crippen LogP contribution in [0.2, 0.25) is 5.02 Å². The molecule has 3 aromatic rings. The highest BCUT2D eigenvalue weighted by atomic mass is 35.5. The number of likely N-dealkylation sites (N-methyl/N-ethyl adjacent to an activating group) is 1. The average molecular weight is 589 g/mol. The van der Waals surface area contributed by atoms with Crippen molar-refractivity contribution >= 4 is 51.5 Å². The lowest BCUT2D eigenvalue weighted by Gasteiger charge is -2.51. The molecule has 1 aromatic heterocycles. The number of allylic oxidation sites excluding steroid dienone is 3. The van der Waals surface area contributed by atoms with Crippen LogP contribution in [-0.2, 0) is 9.59 Å². The summed E-state index contributed by atoms with van der Waals surface area (Å²) in [5.41, 5.74) is 2.45. The molecule has 2 aromatic carbocycles. The fraction of sp³-hybridized carbons (Fsp3) is 0.226. The summed E-state index contributed by atoms with van der Waals surface area (Å²) >= 11 is 7.48. The van der Waals surface area contributed by atoms with Gasteiger partial charge in [-0.25, -0.2) is 4.98 Å². The van der Waals surface area contributed by atoms with Crippen molar-refractivity contribution in [2.75, 3.05) is 24.8 Å². The summed E-state index contributed by atoms with van der Waals surface area (Å²) in [7, 11) is 3.26. The molecule has 10 heteroatoms. The molecule has 3 atom stereocenters. The smallest absolute Gasteiger partial charge is 0.255 e. The summed E-state index contributed by atoms with van der Waals surface area (Å²) in [5, 5.41) is 8.48. The second-order valence-corrected chi connectivity index (χ2v) is 11.5. The number of carbonyl (C=O) groups excluding carboxylic acids is 3. The molecule has 1 aliphatic carbocycles. The number of amides is 3. The Balaban J connectivity index is 1.30. The van der Waals surface area contributed by atoms with Crippen LogP contribution in [-0.4, -0.2) is 47.8 Å². The highest BCUT2D eigenvalue weighted by molar-refractivity contribution is 7.14. The number of halogens is 1. The first-order chi connectivity index (χ1) is 19.6. The van der Waals surface area contributed by atoms with Crippen LogP contribution in [0.1, 0.15) is 23.7 Å². The minimum absolute atomic E-state index is 0.0158. The molecule has 0 spiro atoms. The molecule has 0 saturated carbocycles. The van der Waals surface area contributed by atoms with E-state index in [1.165, 1.54) is 18.4 Å². The third kappa shape index (κ3) is 5.42. The Bertz CT molecular complexity index is 1610. The van der Waals surface area contributed by atoms with E-state index in [1.807, 2.05) is 36.6 Å². The van der Waals surface area contributed by atoms with Crippen molar-refractivity contribution in [3.05, 3.63) is 94.9 Å². The molecule has 1 saturated heterocycles. The third-order valence-electron chi connectivity index (χ3n) is 7.59. The zero-order valence-electron chi connectivity index (χ0n) is 22.8. The number of hydrogen-bond acceptors (Lipinski definition) is 6. The maximum absolute atomic E-state index is 13.6. The van der Waals surface area contributed by atoms with Crippen LogP contribution >= 0.6 is 22.9 Å². The second-order valence-electron chi connectivity index (χ2n) is 10.2. The Hall–Kier alpha value is -4.21. The fourth-order valence-corrected chi connectivity index (χ4v) is 6.32. The molecule has 2 aliphatic heterocycles. The van der Waals surface area contributed by atoms with Gasteiger partial charge in [0.05, 0.1) is 35.2 Å². The largest absolute Gasteiger partial charge is 0.495 e. The monoisotopic (exact) mass is 588 g/mol. The number of aromatic nitrogens is 1. The number of piperidine rings is 1. The number of hydrogen-bond donors (Lipinski definition) is 2. The Morgan fingerprint density at radius 3 is 2.78 bits per heavy atom. The lowest BCUT2D eigenvalue weighted by molar-refractivity contribution is -0.149. The Kier molecular flexibility index (Phi) is 7.84. The fourth-order valence-electron chi connectivity index (χ4n) is 5.35. The molecule has 3 aliphatic rings. The summed E-state index contributed by atoms with van der Waals surface area (Å²) in [6.07, 6.45) is 7.78. The lowest BCUT2D eigenvalue weighted by atomic mass is 9.63. The molecule has 8 nitrogen and oxygen atoms in total. The first kappa shape index (κ1) is 28.3. The van der Waals surface area contributed by atoms with Crippen LogP contribution in [0.3, 0.4) is 0 Å². The lowest BCUT2D eigenvalue weighted by Crippen LogP contribution is -2.61. The van der Waals surface area contributed by atoms with Gasteiger partial charge in [0.2, 0.25) is 11.8 Å². The van der Waals surface area contributed by atoms with Crippen molar-refractivity contribution in [3.63, 3.8) is 0 Å². The van der Waals surface area contributed by atoms with Gasteiger partial charge in [-0.3, -0.25) is 14.4 Å². The third-order valence-corrected chi connectivity index (χ3v) is 8.65. The van der Waals surface area contributed by atoms with E-state index in [0.29, 0.717) is 39.3 Å². The van der Waals surface area contributed by atoms with Gasteiger partial charge in [0, 0.05) is 29.2 Å². The number of benzene rings is 2. The van der Waals surface area contributed by atoms with Gasteiger partial charge < -0.3 is 20.3 Å². The van der Waals surface area contributed by atoms with Crippen LogP contribution < -0.4 is 15.4 Å². The normalized spacial score (nSPS) is 21.5. The summed E-state index contributed by atoms with van der Waals surface area (Å²) in [6, 6.07) is 11.7. The molecule has 1 fully saturated rings. The van der Waals surface area contributed by atoms with E-state index < -0.39 is 5.41 Å². The number of anilines is 2. The molecular formula is C31H29ClN4O4S. The number of carbonyl (C=O) groups is 3. The van der Waals surface area contributed by atoms with Gasteiger partial charge in [-0.1, -0.05) is 54.6 Å². The number of fused-ring (bicyclic) bond motifs is 2. The van der Waals surface area contributed by atoms with Gasteiger partial charge >= 0.3 is 0 Å². The molecule has 41 heavy (non-hydrogen) atoms. The number of methoxy groups -OCH3 is 1. The minimum atomic E-state index is -0.812. The van der Waals surface area contributed by atoms with E-state index in [1.54, 1.807) is 54.4 Å². The average Bonchev–Trinajstić information content (AvgIpc) is 3.43. The Labute approximate surface area is 247 Å². The zero-order valence-corrected chi connectivity index (χ0v) is 24.4. The molecule has 2 bridgehead atoms. The van der Waals surface area contributed by atoms with Crippen molar-refractivity contribution in [2.24, 2.45) is 11.3 Å². The van der Waals surface area contributed by atoms with Crippen LogP contribution in [0.5, 0.6) is 5.75 Å². The molecule has 210 valence electrons. The predicted octanol–water partition coefficient (Wildman–Crippen LogP) is 6.20. The standard InChI is InChI=1S/C31H29ClN4O4S/c1-5-6-8-18-14-26-31(2,16-22(18)28(38)36(26)3)29(39)35-30-34-24(17-41-30)19-9-7-10-20(13-19)27(37)33-21-11-12-25(40-4)23(32)15-21/h5-15,17,22,26H,1,16H2,2-4H3,(H,33,37)(H,34,35,39)/b8-6-. The molecular weight excluding hydrogens is 560 g/mol. The molecule has 3 unspecified atom stereocenters. The summed E-state index contributed by atoms with van der Waals surface area (Å²) < 4.78 is 5.16. The molecule has 3 heterocycles. The number of rotatable bonds is 8. The first-order valence-electron chi connectivity index (χ1n) is 12.9. The zero-order chi connectivity index (χ0) is 29.3. The van der Waals surface area contributed by atoms with Gasteiger partial charge in [0.1, 0.15) is 5.75 Å². The van der Waals surface area contributed by atoms with E-state index in [2.05, 4.69) is 22.2 Å². The van der Waals surface area contributed by atoms with Crippen molar-refractivity contribution in [3.8, 4) is 17.0 Å². The van der Waals surface area contributed by atoms with Gasteiger partial charge in [0.25, 0.3) is 5.91 Å². The van der Waals surface area contributed by atoms with Gasteiger partial charge in [-0.05, 0) is 49.2 Å². The SMILES string of the molecule is C=C/C=C\C1=CC2N(C)C(=O)C1CC2(C)C(=O)Nc1nc(-c2cccc(C(=O)Nc3ccc(OC)c(Cl)c3)c2)cs1. The van der Waals surface area contributed by atoms with Crippen LogP contribution in [0.25, 0.3) is 11.3 Å². The highest BCUT2D eigenvalue weighted by Crippen LogP contribution is 2.47. The van der Waals surface area contributed by atoms with E-state index in [0.717, 1.165) is 11.1 Å². The molecule has 2 N–H and O–H groups in total. The van der Waals surface area contributed by atoms with E-state index in [4.69, 9.17) is 16.3 Å². The first-order valence-corrected chi connectivity index (χ1v) is 14.2. The van der Waals surface area contributed by atoms with Crippen molar-refractivity contribution < 1.29 is 19.1 Å².